The molecule has 0 atom stereocenters. The summed E-state index contributed by atoms with van der Waals surface area (Å²) in [6, 6.07) is 6.39. The number of carbonyl (C=O) groups excluding carboxylic acids is 1. The number of hydrogen-bond acceptors (Lipinski definition) is 3. The van der Waals surface area contributed by atoms with Crippen molar-refractivity contribution >= 4 is 17.7 Å². The Labute approximate surface area is 120 Å². The number of thioether (sulfide) groups is 1. The molecular formula is C15H23NO2S. The van der Waals surface area contributed by atoms with Crippen molar-refractivity contribution in [2.45, 2.75) is 38.6 Å². The second kappa shape index (κ2) is 7.56. The first-order chi connectivity index (χ1) is 8.95. The van der Waals surface area contributed by atoms with Crippen molar-refractivity contribution in [1.29, 1.82) is 0 Å². The zero-order valence-corrected chi connectivity index (χ0v) is 13.0. The van der Waals surface area contributed by atoms with E-state index in [4.69, 9.17) is 5.11 Å². The number of benzene rings is 1. The van der Waals surface area contributed by atoms with E-state index in [0.717, 1.165) is 4.90 Å². The average Bonchev–Trinajstić information content (AvgIpc) is 2.36. The largest absolute Gasteiger partial charge is 0.395 e. The molecule has 4 heteroatoms. The van der Waals surface area contributed by atoms with Gasteiger partial charge in [-0.05, 0) is 39.3 Å². The van der Waals surface area contributed by atoms with Crippen LogP contribution in [-0.4, -0.2) is 40.9 Å². The van der Waals surface area contributed by atoms with Crippen molar-refractivity contribution in [3.8, 4) is 0 Å². The number of nitrogens with zero attached hydrogens (tertiary/aromatic N) is 1. The molecule has 0 aliphatic carbocycles. The van der Waals surface area contributed by atoms with Crippen molar-refractivity contribution in [2.24, 2.45) is 0 Å². The lowest BCUT2D eigenvalue weighted by molar-refractivity contribution is -0.130. The number of rotatable bonds is 6. The van der Waals surface area contributed by atoms with Gasteiger partial charge in [-0.1, -0.05) is 17.7 Å². The van der Waals surface area contributed by atoms with Crippen LogP contribution in [0.1, 0.15) is 25.0 Å². The molecule has 0 saturated heterocycles. The predicted molar refractivity (Wildman–Crippen MR) is 80.6 cm³/mol. The molecule has 0 radical (unpaired) electrons. The third-order valence-electron chi connectivity index (χ3n) is 2.98. The van der Waals surface area contributed by atoms with Gasteiger partial charge in [-0.2, -0.15) is 0 Å². The fourth-order valence-electron chi connectivity index (χ4n) is 1.86. The normalized spacial score (nSPS) is 10.8. The maximum absolute atomic E-state index is 12.1. The predicted octanol–water partition coefficient (Wildman–Crippen LogP) is 2.62. The lowest BCUT2D eigenvalue weighted by Gasteiger charge is -2.25. The van der Waals surface area contributed by atoms with Crippen molar-refractivity contribution in [3.63, 3.8) is 0 Å². The van der Waals surface area contributed by atoms with Gasteiger partial charge in [0.15, 0.2) is 0 Å². The third kappa shape index (κ3) is 4.88. The van der Waals surface area contributed by atoms with Crippen LogP contribution >= 0.6 is 11.8 Å². The third-order valence-corrected chi connectivity index (χ3v) is 4.12. The standard InChI is InChI=1S/C15H23NO2S/c1-11(2)16(7-8-17)15(18)10-19-14-9-12(3)5-6-13(14)4/h5-6,9,11,17H,7-8,10H2,1-4H3. The summed E-state index contributed by atoms with van der Waals surface area (Å²) in [5.74, 6) is 0.498. The van der Waals surface area contributed by atoms with Gasteiger partial charge < -0.3 is 10.0 Å². The first kappa shape index (κ1) is 16.1. The van der Waals surface area contributed by atoms with Crippen LogP contribution in [0.5, 0.6) is 0 Å². The van der Waals surface area contributed by atoms with E-state index in [2.05, 4.69) is 32.0 Å². The molecule has 0 heterocycles. The molecule has 3 nitrogen and oxygen atoms in total. The summed E-state index contributed by atoms with van der Waals surface area (Å²) in [7, 11) is 0. The summed E-state index contributed by atoms with van der Waals surface area (Å²) in [5.41, 5.74) is 2.40. The van der Waals surface area contributed by atoms with Crippen molar-refractivity contribution in [3.05, 3.63) is 29.3 Å². The summed E-state index contributed by atoms with van der Waals surface area (Å²) < 4.78 is 0. The molecule has 0 aliphatic heterocycles. The molecule has 0 saturated carbocycles. The minimum Gasteiger partial charge on any atom is -0.395 e. The van der Waals surface area contributed by atoms with Crippen molar-refractivity contribution in [2.75, 3.05) is 18.9 Å². The molecule has 19 heavy (non-hydrogen) atoms. The Balaban J connectivity index is 2.64. The monoisotopic (exact) mass is 281 g/mol. The Morgan fingerprint density at radius 3 is 2.63 bits per heavy atom. The van der Waals surface area contributed by atoms with E-state index < -0.39 is 0 Å². The Bertz CT molecular complexity index is 432. The number of carbonyl (C=O) groups is 1. The van der Waals surface area contributed by atoms with Gasteiger partial charge in [0.2, 0.25) is 5.91 Å². The molecule has 0 aliphatic rings. The van der Waals surface area contributed by atoms with Crippen LogP contribution in [-0.2, 0) is 4.79 Å². The number of aryl methyl sites for hydroxylation is 2. The zero-order valence-electron chi connectivity index (χ0n) is 12.1. The molecule has 1 N–H and O–H groups in total. The van der Waals surface area contributed by atoms with Gasteiger partial charge in [-0.3, -0.25) is 4.79 Å². The first-order valence-electron chi connectivity index (χ1n) is 6.56. The fraction of sp³-hybridized carbons (Fsp3) is 0.533. The van der Waals surface area contributed by atoms with Crippen LogP contribution in [0.15, 0.2) is 23.1 Å². The Morgan fingerprint density at radius 1 is 1.37 bits per heavy atom. The Hall–Kier alpha value is -1.00. The van der Waals surface area contributed by atoms with Crippen LogP contribution in [0.2, 0.25) is 0 Å². The highest BCUT2D eigenvalue weighted by atomic mass is 32.2. The highest BCUT2D eigenvalue weighted by Crippen LogP contribution is 2.24. The number of amides is 1. The molecule has 0 bridgehead atoms. The number of aliphatic hydroxyl groups excluding tert-OH is 1. The first-order valence-corrected chi connectivity index (χ1v) is 7.54. The molecule has 0 aromatic heterocycles. The summed E-state index contributed by atoms with van der Waals surface area (Å²) in [6.07, 6.45) is 0. The van der Waals surface area contributed by atoms with Crippen LogP contribution in [0.3, 0.4) is 0 Å². The van der Waals surface area contributed by atoms with Gasteiger partial charge in [-0.25, -0.2) is 0 Å². The lowest BCUT2D eigenvalue weighted by atomic mass is 10.2. The molecule has 1 amide bonds. The molecule has 1 aromatic rings. The molecule has 1 rings (SSSR count). The van der Waals surface area contributed by atoms with E-state index in [0.29, 0.717) is 12.3 Å². The Kier molecular flexibility index (Phi) is 6.38. The molecular weight excluding hydrogens is 258 g/mol. The SMILES string of the molecule is Cc1ccc(C)c(SCC(=O)N(CCO)C(C)C)c1. The second-order valence-electron chi connectivity index (χ2n) is 4.96. The van der Waals surface area contributed by atoms with E-state index in [1.807, 2.05) is 13.8 Å². The highest BCUT2D eigenvalue weighted by Gasteiger charge is 2.16. The number of hydrogen-bond donors (Lipinski definition) is 1. The van der Waals surface area contributed by atoms with Gasteiger partial charge in [-0.15, -0.1) is 11.8 Å². The Morgan fingerprint density at radius 2 is 2.05 bits per heavy atom. The smallest absolute Gasteiger partial charge is 0.233 e. The molecule has 0 spiro atoms. The molecule has 0 unspecified atom stereocenters. The van der Waals surface area contributed by atoms with Gasteiger partial charge in [0.1, 0.15) is 0 Å². The average molecular weight is 281 g/mol. The van der Waals surface area contributed by atoms with Crippen LogP contribution in [0, 0.1) is 13.8 Å². The minimum atomic E-state index is 0.0120. The fourth-order valence-corrected chi connectivity index (χ4v) is 2.87. The summed E-state index contributed by atoms with van der Waals surface area (Å²) >= 11 is 1.57. The van der Waals surface area contributed by atoms with Crippen LogP contribution < -0.4 is 0 Å². The van der Waals surface area contributed by atoms with E-state index in [-0.39, 0.29) is 18.6 Å². The molecule has 106 valence electrons. The topological polar surface area (TPSA) is 40.5 Å². The van der Waals surface area contributed by atoms with Crippen molar-refractivity contribution in [1.82, 2.24) is 4.90 Å². The van der Waals surface area contributed by atoms with E-state index in [1.54, 1.807) is 16.7 Å². The summed E-state index contributed by atoms with van der Waals surface area (Å²) in [5, 5.41) is 9.00. The zero-order chi connectivity index (χ0) is 14.4. The van der Waals surface area contributed by atoms with Gasteiger partial charge >= 0.3 is 0 Å². The van der Waals surface area contributed by atoms with E-state index in [9.17, 15) is 4.79 Å². The van der Waals surface area contributed by atoms with E-state index >= 15 is 0 Å². The van der Waals surface area contributed by atoms with Gasteiger partial charge in [0, 0.05) is 17.5 Å². The van der Waals surface area contributed by atoms with Gasteiger partial charge in [0.05, 0.1) is 12.4 Å². The summed E-state index contributed by atoms with van der Waals surface area (Å²) in [4.78, 5) is 15.0. The quantitative estimate of drug-likeness (QED) is 0.815. The number of aliphatic hydroxyl groups is 1. The molecule has 1 aromatic carbocycles. The van der Waals surface area contributed by atoms with Crippen molar-refractivity contribution < 1.29 is 9.90 Å². The summed E-state index contributed by atoms with van der Waals surface area (Å²) in [6.45, 7) is 8.46. The van der Waals surface area contributed by atoms with Gasteiger partial charge in [0.25, 0.3) is 0 Å². The van der Waals surface area contributed by atoms with Crippen LogP contribution in [0.4, 0.5) is 0 Å². The maximum atomic E-state index is 12.1. The molecule has 0 fully saturated rings. The maximum Gasteiger partial charge on any atom is 0.233 e. The highest BCUT2D eigenvalue weighted by molar-refractivity contribution is 8.00. The van der Waals surface area contributed by atoms with E-state index in [1.165, 1.54) is 11.1 Å². The van der Waals surface area contributed by atoms with Crippen LogP contribution in [0.25, 0.3) is 0 Å². The lowest BCUT2D eigenvalue weighted by Crippen LogP contribution is -2.40. The second-order valence-corrected chi connectivity index (χ2v) is 5.98. The minimum absolute atomic E-state index is 0.0120.